The third-order valence-corrected chi connectivity index (χ3v) is 4.71. The molecule has 1 aromatic rings. The lowest BCUT2D eigenvalue weighted by Gasteiger charge is -2.27. The zero-order chi connectivity index (χ0) is 18.4. The number of carbonyl (C=O) groups excluding carboxylic acids is 1. The summed E-state index contributed by atoms with van der Waals surface area (Å²) in [5.41, 5.74) is -0.0720. The summed E-state index contributed by atoms with van der Waals surface area (Å²) < 4.78 is 11.3. The first-order valence-electron chi connectivity index (χ1n) is 9.15. The number of carbonyl (C=O) groups is 1. The Bertz CT molecular complexity index is 665. The van der Waals surface area contributed by atoms with Gasteiger partial charge >= 0.3 is 0 Å². The summed E-state index contributed by atoms with van der Waals surface area (Å²) in [5, 5.41) is 8.80. The van der Waals surface area contributed by atoms with E-state index in [1.165, 1.54) is 0 Å². The number of ether oxygens (including phenoxy) is 2. The maximum absolute atomic E-state index is 13.0. The monoisotopic (exact) mass is 358 g/mol. The normalized spacial score (nSPS) is 22.0. The zero-order valence-corrected chi connectivity index (χ0v) is 15.0. The van der Waals surface area contributed by atoms with E-state index >= 15 is 0 Å². The molecule has 1 N–H and O–H groups in total. The Kier molecular flexibility index (Phi) is 5.93. The summed E-state index contributed by atoms with van der Waals surface area (Å²) in [7, 11) is 0. The van der Waals surface area contributed by atoms with Gasteiger partial charge in [-0.25, -0.2) is 4.99 Å². The van der Waals surface area contributed by atoms with Gasteiger partial charge in [0, 0.05) is 38.1 Å². The van der Waals surface area contributed by atoms with Crippen molar-refractivity contribution >= 4 is 11.8 Å². The lowest BCUT2D eigenvalue weighted by Crippen LogP contribution is -2.47. The SMILES string of the molecule is C=CC[C@]1(C(=O)N2CCCC2)COC(c2ccc(OCCCO)cc2)=N1. The van der Waals surface area contributed by atoms with Crippen LogP contribution in [0.25, 0.3) is 0 Å². The molecule has 140 valence electrons. The Morgan fingerprint density at radius 1 is 1.35 bits per heavy atom. The second-order valence-electron chi connectivity index (χ2n) is 6.68. The second-order valence-corrected chi connectivity index (χ2v) is 6.68. The standard InChI is InChI=1S/C20H26N2O4/c1-2-10-20(19(24)22-11-3-4-12-22)15-26-18(21-20)16-6-8-17(9-7-16)25-14-5-13-23/h2,6-9,23H,1,3-5,10-15H2/t20-/m1/s1. The minimum absolute atomic E-state index is 0.0360. The van der Waals surface area contributed by atoms with E-state index in [4.69, 9.17) is 14.6 Å². The van der Waals surface area contributed by atoms with Crippen molar-refractivity contribution in [1.29, 1.82) is 0 Å². The summed E-state index contributed by atoms with van der Waals surface area (Å²) in [5.74, 6) is 1.25. The van der Waals surface area contributed by atoms with Gasteiger partial charge < -0.3 is 19.5 Å². The van der Waals surface area contributed by atoms with Crippen LogP contribution >= 0.6 is 0 Å². The van der Waals surface area contributed by atoms with Gasteiger partial charge in [0.2, 0.25) is 5.90 Å². The molecule has 3 rings (SSSR count). The zero-order valence-electron chi connectivity index (χ0n) is 15.0. The molecule has 2 aliphatic rings. The highest BCUT2D eigenvalue weighted by Crippen LogP contribution is 2.30. The van der Waals surface area contributed by atoms with E-state index in [9.17, 15) is 4.79 Å². The first-order chi connectivity index (χ1) is 12.7. The van der Waals surface area contributed by atoms with Gasteiger partial charge in [0.05, 0.1) is 6.61 Å². The molecule has 1 amide bonds. The number of likely N-dealkylation sites (tertiary alicyclic amines) is 1. The lowest BCUT2D eigenvalue weighted by molar-refractivity contribution is -0.136. The molecule has 1 fully saturated rings. The third kappa shape index (κ3) is 3.90. The largest absolute Gasteiger partial charge is 0.494 e. The first-order valence-corrected chi connectivity index (χ1v) is 9.15. The maximum atomic E-state index is 13.0. The third-order valence-electron chi connectivity index (χ3n) is 4.71. The van der Waals surface area contributed by atoms with Crippen LogP contribution in [0, 0.1) is 0 Å². The minimum atomic E-state index is -0.891. The molecule has 6 heteroatoms. The summed E-state index contributed by atoms with van der Waals surface area (Å²) in [6.45, 7) is 6.21. The average Bonchev–Trinajstić information content (AvgIpc) is 3.33. The van der Waals surface area contributed by atoms with E-state index in [2.05, 4.69) is 11.6 Å². The van der Waals surface area contributed by atoms with Crippen LogP contribution < -0.4 is 4.74 Å². The second kappa shape index (κ2) is 8.36. The number of aliphatic hydroxyl groups excluding tert-OH is 1. The molecular formula is C20H26N2O4. The Labute approximate surface area is 154 Å². The number of nitrogens with zero attached hydrogens (tertiary/aromatic N) is 2. The van der Waals surface area contributed by atoms with Gasteiger partial charge in [-0.2, -0.15) is 0 Å². The molecule has 1 aromatic carbocycles. The minimum Gasteiger partial charge on any atom is -0.494 e. The molecule has 0 aliphatic carbocycles. The molecule has 1 saturated heterocycles. The van der Waals surface area contributed by atoms with Gasteiger partial charge in [0.25, 0.3) is 5.91 Å². The van der Waals surface area contributed by atoms with Crippen molar-refractivity contribution in [3.05, 3.63) is 42.5 Å². The van der Waals surface area contributed by atoms with Gasteiger partial charge in [0.1, 0.15) is 12.4 Å². The van der Waals surface area contributed by atoms with Crippen molar-refractivity contribution in [3.8, 4) is 5.75 Å². The Morgan fingerprint density at radius 2 is 2.08 bits per heavy atom. The number of hydrogen-bond donors (Lipinski definition) is 1. The number of rotatable bonds is 8. The summed E-state index contributed by atoms with van der Waals surface area (Å²) >= 11 is 0. The van der Waals surface area contributed by atoms with Gasteiger partial charge in [-0.3, -0.25) is 4.79 Å². The molecule has 0 saturated carbocycles. The van der Waals surface area contributed by atoms with Crippen molar-refractivity contribution in [2.24, 2.45) is 4.99 Å². The molecule has 0 unspecified atom stereocenters. The fraction of sp³-hybridized carbons (Fsp3) is 0.500. The van der Waals surface area contributed by atoms with Crippen molar-refractivity contribution in [1.82, 2.24) is 4.90 Å². The Morgan fingerprint density at radius 3 is 2.73 bits per heavy atom. The predicted molar refractivity (Wildman–Crippen MR) is 99.5 cm³/mol. The number of amides is 1. The molecule has 2 heterocycles. The van der Waals surface area contributed by atoms with Gasteiger partial charge in [0.15, 0.2) is 5.54 Å². The van der Waals surface area contributed by atoms with Gasteiger partial charge in [-0.05, 0) is 37.1 Å². The van der Waals surface area contributed by atoms with Gasteiger partial charge in [-0.15, -0.1) is 6.58 Å². The number of aliphatic hydroxyl groups is 1. The van der Waals surface area contributed by atoms with Crippen LogP contribution in [0.3, 0.4) is 0 Å². The Hall–Kier alpha value is -2.34. The van der Waals surface area contributed by atoms with Crippen molar-refractivity contribution in [2.75, 3.05) is 32.9 Å². The van der Waals surface area contributed by atoms with Crippen LogP contribution in [-0.4, -0.2) is 60.3 Å². The van der Waals surface area contributed by atoms with E-state index in [1.807, 2.05) is 29.2 Å². The molecular weight excluding hydrogens is 332 g/mol. The smallest absolute Gasteiger partial charge is 0.254 e. The molecule has 26 heavy (non-hydrogen) atoms. The summed E-state index contributed by atoms with van der Waals surface area (Å²) in [6, 6.07) is 7.43. The fourth-order valence-electron chi connectivity index (χ4n) is 3.30. The van der Waals surface area contributed by atoms with Crippen LogP contribution in [0.5, 0.6) is 5.75 Å². The van der Waals surface area contributed by atoms with Gasteiger partial charge in [-0.1, -0.05) is 6.08 Å². The molecule has 1 atom stereocenters. The van der Waals surface area contributed by atoms with Crippen LogP contribution in [0.2, 0.25) is 0 Å². The highest BCUT2D eigenvalue weighted by atomic mass is 16.5. The molecule has 0 spiro atoms. The molecule has 0 aromatic heterocycles. The van der Waals surface area contributed by atoms with Crippen LogP contribution in [0.4, 0.5) is 0 Å². The van der Waals surface area contributed by atoms with Crippen LogP contribution in [0.15, 0.2) is 41.9 Å². The van der Waals surface area contributed by atoms with E-state index in [-0.39, 0.29) is 19.1 Å². The maximum Gasteiger partial charge on any atom is 0.254 e. The van der Waals surface area contributed by atoms with E-state index in [1.54, 1.807) is 6.08 Å². The van der Waals surface area contributed by atoms with E-state index in [0.717, 1.165) is 37.2 Å². The molecule has 0 radical (unpaired) electrons. The average molecular weight is 358 g/mol. The van der Waals surface area contributed by atoms with Crippen LogP contribution in [0.1, 0.15) is 31.2 Å². The molecule has 2 aliphatic heterocycles. The molecule has 0 bridgehead atoms. The highest BCUT2D eigenvalue weighted by molar-refractivity contribution is 6.00. The van der Waals surface area contributed by atoms with Crippen molar-refractivity contribution in [3.63, 3.8) is 0 Å². The topological polar surface area (TPSA) is 71.4 Å². The number of aliphatic imine (C=N–C) groups is 1. The lowest BCUT2D eigenvalue weighted by atomic mass is 9.95. The highest BCUT2D eigenvalue weighted by Gasteiger charge is 2.46. The van der Waals surface area contributed by atoms with Crippen molar-refractivity contribution < 1.29 is 19.4 Å². The van der Waals surface area contributed by atoms with Crippen LogP contribution in [-0.2, 0) is 9.53 Å². The van der Waals surface area contributed by atoms with E-state index in [0.29, 0.717) is 25.3 Å². The number of hydrogen-bond acceptors (Lipinski definition) is 5. The first kappa shape index (κ1) is 18.5. The fourth-order valence-corrected chi connectivity index (χ4v) is 3.30. The Balaban J connectivity index is 1.75. The number of benzene rings is 1. The predicted octanol–water partition coefficient (Wildman–Crippen LogP) is 2.16. The molecule has 6 nitrogen and oxygen atoms in total. The summed E-state index contributed by atoms with van der Waals surface area (Å²) in [4.78, 5) is 19.6. The quantitative estimate of drug-likeness (QED) is 0.571. The van der Waals surface area contributed by atoms with E-state index < -0.39 is 5.54 Å². The summed E-state index contributed by atoms with van der Waals surface area (Å²) in [6.07, 6.45) is 4.90. The van der Waals surface area contributed by atoms with Crippen molar-refractivity contribution in [2.45, 2.75) is 31.2 Å².